The summed E-state index contributed by atoms with van der Waals surface area (Å²) >= 11 is 0. The van der Waals surface area contributed by atoms with Crippen molar-refractivity contribution in [1.82, 2.24) is 0 Å². The highest BCUT2D eigenvalue weighted by atomic mass is 15.1. The van der Waals surface area contributed by atoms with Gasteiger partial charge >= 0.3 is 0 Å². The summed E-state index contributed by atoms with van der Waals surface area (Å²) in [6, 6.07) is 114. The predicted molar refractivity (Wildman–Crippen MR) is 369 cm³/mol. The van der Waals surface area contributed by atoms with Gasteiger partial charge in [0.1, 0.15) is 0 Å². The zero-order valence-corrected chi connectivity index (χ0v) is 47.1. The summed E-state index contributed by atoms with van der Waals surface area (Å²) in [5, 5.41) is 4.79. The van der Waals surface area contributed by atoms with Gasteiger partial charge in [0.25, 0.3) is 0 Å². The van der Waals surface area contributed by atoms with E-state index in [1.165, 1.54) is 32.7 Å². The Balaban J connectivity index is 0.859. The molecule has 0 aliphatic carbocycles. The summed E-state index contributed by atoms with van der Waals surface area (Å²) in [5.41, 5.74) is 21.8. The van der Waals surface area contributed by atoms with Gasteiger partial charge in [-0.15, -0.1) is 0 Å². The van der Waals surface area contributed by atoms with Crippen LogP contribution in [0.25, 0.3) is 112 Å². The largest absolute Gasteiger partial charge is 0.310 e. The van der Waals surface area contributed by atoms with Gasteiger partial charge in [-0.3, -0.25) is 0 Å². The van der Waals surface area contributed by atoms with Gasteiger partial charge in [0.15, 0.2) is 0 Å². The van der Waals surface area contributed by atoms with E-state index >= 15 is 0 Å². The zero-order valence-electron chi connectivity index (χ0n) is 53.1. The van der Waals surface area contributed by atoms with E-state index in [0.717, 1.165) is 101 Å². The molecule has 2 heteroatoms. The van der Waals surface area contributed by atoms with Crippen molar-refractivity contribution in [2.24, 2.45) is 0 Å². The first-order valence-corrected chi connectivity index (χ1v) is 29.0. The minimum absolute atomic E-state index is 0.115. The van der Waals surface area contributed by atoms with Gasteiger partial charge in [0, 0.05) is 33.9 Å². The van der Waals surface area contributed by atoms with Crippen molar-refractivity contribution in [1.29, 1.82) is 0 Å². The second kappa shape index (κ2) is 23.5. The monoisotopic (exact) mass is 1100 g/mol. The molecule has 0 aliphatic rings. The Morgan fingerprint density at radius 1 is 0.244 bits per heavy atom. The molecule has 0 saturated heterocycles. The maximum absolute atomic E-state index is 8.28. The molecule has 86 heavy (non-hydrogen) atoms. The van der Waals surface area contributed by atoms with E-state index in [1.54, 1.807) is 0 Å². The van der Waals surface area contributed by atoms with Gasteiger partial charge in [-0.25, -0.2) is 0 Å². The normalized spacial score (nSPS) is 12.0. The fraction of sp³-hybridized carbons (Fsp3) is 0. The van der Waals surface area contributed by atoms with Crippen LogP contribution in [0.4, 0.5) is 34.1 Å². The maximum Gasteiger partial charge on any atom is 0.0623 e. The lowest BCUT2D eigenvalue weighted by atomic mass is 9.95. The second-order valence-corrected chi connectivity index (χ2v) is 21.5. The van der Waals surface area contributed by atoms with Gasteiger partial charge in [0.2, 0.25) is 0 Å². The van der Waals surface area contributed by atoms with E-state index in [-0.39, 0.29) is 12.1 Å². The molecule has 0 radical (unpaired) electrons. The smallest absolute Gasteiger partial charge is 0.0623 e. The van der Waals surface area contributed by atoms with Gasteiger partial charge in [0.05, 0.1) is 19.6 Å². The van der Waals surface area contributed by atoms with Crippen molar-refractivity contribution in [2.75, 3.05) is 9.80 Å². The predicted octanol–water partition coefficient (Wildman–Crippen LogP) is 23.9. The van der Waals surface area contributed by atoms with Gasteiger partial charge in [-0.1, -0.05) is 280 Å². The Kier molecular flexibility index (Phi) is 12.6. The molecule has 0 N–H and O–H groups in total. The lowest BCUT2D eigenvalue weighted by Crippen LogP contribution is -2.11. The van der Waals surface area contributed by atoms with Crippen molar-refractivity contribution < 1.29 is 8.22 Å². The molecule has 14 aromatic rings. The Hall–Kier alpha value is -11.3. The molecule has 14 rings (SSSR count). The summed E-state index contributed by atoms with van der Waals surface area (Å²) in [5.74, 6) is 0. The Labute approximate surface area is 512 Å². The van der Waals surface area contributed by atoms with Crippen LogP contribution in [0, 0.1) is 0 Å². The van der Waals surface area contributed by atoms with Crippen LogP contribution >= 0.6 is 0 Å². The third kappa shape index (κ3) is 10.5. The summed E-state index contributed by atoms with van der Waals surface area (Å²) in [4.78, 5) is 4.67. The van der Waals surface area contributed by atoms with Crippen LogP contribution in [0.5, 0.6) is 0 Å². The molecular formula is C84H60N2. The number of anilines is 6. The number of fused-ring (bicyclic) bond motifs is 2. The van der Waals surface area contributed by atoms with E-state index in [4.69, 9.17) is 8.22 Å². The molecule has 0 fully saturated rings. The van der Waals surface area contributed by atoms with Crippen LogP contribution in [0.3, 0.4) is 0 Å². The molecule has 0 saturated carbocycles. The minimum Gasteiger partial charge on any atom is -0.310 e. The molecule has 0 bridgehead atoms. The van der Waals surface area contributed by atoms with Crippen LogP contribution < -0.4 is 9.80 Å². The molecular weight excluding hydrogens is 1040 g/mol. The summed E-state index contributed by atoms with van der Waals surface area (Å²) in [6.07, 6.45) is 0. The molecule has 0 amide bonds. The van der Waals surface area contributed by atoms with E-state index in [2.05, 4.69) is 277 Å². The fourth-order valence-corrected chi connectivity index (χ4v) is 12.0. The lowest BCUT2D eigenvalue weighted by molar-refractivity contribution is 1.28. The van der Waals surface area contributed by atoms with Crippen LogP contribution in [0.15, 0.2) is 341 Å². The van der Waals surface area contributed by atoms with Gasteiger partial charge in [-0.2, -0.15) is 0 Å². The molecule has 406 valence electrons. The van der Waals surface area contributed by atoms with Crippen molar-refractivity contribution in [3.05, 3.63) is 352 Å². The second-order valence-electron chi connectivity index (χ2n) is 21.5. The number of benzene rings is 14. The highest BCUT2D eigenvalue weighted by molar-refractivity contribution is 5.99. The van der Waals surface area contributed by atoms with Gasteiger partial charge < -0.3 is 9.80 Å². The van der Waals surface area contributed by atoms with E-state index in [9.17, 15) is 0 Å². The topological polar surface area (TPSA) is 6.48 Å². The first-order chi connectivity index (χ1) is 45.1. The average molecular weight is 1100 g/mol. The van der Waals surface area contributed by atoms with E-state index in [0.29, 0.717) is 11.1 Å². The number of hydrogen-bond donors (Lipinski definition) is 0. The Morgan fingerprint density at radius 2 is 0.535 bits per heavy atom. The average Bonchev–Trinajstić information content (AvgIpc) is 0.883. The van der Waals surface area contributed by atoms with Crippen LogP contribution in [0.2, 0.25) is 0 Å². The van der Waals surface area contributed by atoms with E-state index in [1.807, 2.05) is 60.7 Å². The number of rotatable bonds is 15. The Bertz CT molecular complexity index is 4710. The van der Waals surface area contributed by atoms with Crippen molar-refractivity contribution in [3.8, 4) is 77.9 Å². The van der Waals surface area contributed by atoms with E-state index < -0.39 is 13.1 Å². The summed E-state index contributed by atoms with van der Waals surface area (Å²) in [6.45, 7) is -1.04. The number of nitrogens with zero attached hydrogens (tertiary/aromatic N) is 2. The minimum atomic E-state index is -0.518. The van der Waals surface area contributed by atoms with Crippen molar-refractivity contribution in [2.45, 2.75) is 0 Å². The SMILES string of the molecule is [2H]C([2H])=C([2H])c1ccc(-c2ccc(N(c3ccc(-c4ccc(N(c5ccc(-c6cccc7ccccc67)cc5)c5ccc(-c6ccc(C([2H])=C([2H])[2H])cc6)cc5-c5ccccc5)cc4)cc3)c3ccc(-c4cccc5ccccc45)cc3)c(-c3ccccc3)c2)cc1. The molecule has 0 spiro atoms. The first kappa shape index (κ1) is 46.2. The molecule has 0 aliphatic heterocycles. The zero-order chi connectivity index (χ0) is 62.7. The van der Waals surface area contributed by atoms with Gasteiger partial charge in [-0.05, 0) is 172 Å². The summed E-state index contributed by atoms with van der Waals surface area (Å²) < 4.78 is 47.5. The molecule has 2 nitrogen and oxygen atoms in total. The highest BCUT2D eigenvalue weighted by Crippen LogP contribution is 2.47. The fourth-order valence-electron chi connectivity index (χ4n) is 12.0. The molecule has 0 atom stereocenters. The van der Waals surface area contributed by atoms with Crippen LogP contribution in [-0.2, 0) is 0 Å². The third-order valence-electron chi connectivity index (χ3n) is 16.4. The van der Waals surface area contributed by atoms with Crippen LogP contribution in [-0.4, -0.2) is 0 Å². The summed E-state index contributed by atoms with van der Waals surface area (Å²) in [7, 11) is 0. The van der Waals surface area contributed by atoms with Crippen molar-refractivity contribution in [3.63, 3.8) is 0 Å². The highest BCUT2D eigenvalue weighted by Gasteiger charge is 2.22. The standard InChI is InChI=1S/C84H60N2/c1-3-59-29-33-63(34-30-59)71-45-55-83(81(57-71)67-17-7-5-8-18-67)85(75-51-41-69(42-52-75)79-27-15-23-65-21-11-13-25-77(65)79)73-47-37-61(38-48-73)62-39-49-74(50-40-62)86(76-53-43-70(44-54-76)80-28-16-24-66-22-12-14-26-78(66)80)84-56-46-72(64-35-31-60(4-2)32-36-64)58-82(84)68-19-9-6-10-20-68/h3-58H,1-2H2/i1D2,2D2,3D,4D. The molecule has 14 aromatic carbocycles. The first-order valence-electron chi connectivity index (χ1n) is 32.0. The Morgan fingerprint density at radius 3 is 0.907 bits per heavy atom. The maximum atomic E-state index is 8.28. The quantitative estimate of drug-likeness (QED) is 0.101. The van der Waals surface area contributed by atoms with Crippen molar-refractivity contribution >= 4 is 67.8 Å². The number of hydrogen-bond acceptors (Lipinski definition) is 2. The third-order valence-corrected chi connectivity index (χ3v) is 16.4. The molecule has 0 heterocycles. The van der Waals surface area contributed by atoms with Crippen LogP contribution in [0.1, 0.15) is 19.4 Å². The lowest BCUT2D eigenvalue weighted by Gasteiger charge is -2.29. The molecule has 0 aromatic heterocycles. The molecule has 0 unspecified atom stereocenters.